The first-order valence-corrected chi connectivity index (χ1v) is 3.07. The highest BCUT2D eigenvalue weighted by atomic mass is 16.1. The van der Waals surface area contributed by atoms with Gasteiger partial charge in [-0.05, 0) is 19.4 Å². The van der Waals surface area contributed by atoms with E-state index in [1.165, 1.54) is 6.08 Å². The van der Waals surface area contributed by atoms with Gasteiger partial charge in [-0.2, -0.15) is 0 Å². The van der Waals surface area contributed by atoms with Crippen LogP contribution in [0.5, 0.6) is 0 Å². The van der Waals surface area contributed by atoms with Crippen molar-refractivity contribution < 1.29 is 4.79 Å². The van der Waals surface area contributed by atoms with Crippen molar-refractivity contribution in [3.05, 3.63) is 24.8 Å². The summed E-state index contributed by atoms with van der Waals surface area (Å²) in [5, 5.41) is 0. The van der Waals surface area contributed by atoms with E-state index in [4.69, 9.17) is 0 Å². The maximum absolute atomic E-state index is 10.5. The zero-order valence-corrected chi connectivity index (χ0v) is 5.76. The fraction of sp³-hybridized carbons (Fsp3) is 0.375. The molecule has 1 heteroatoms. The van der Waals surface area contributed by atoms with Crippen molar-refractivity contribution in [3.63, 3.8) is 0 Å². The van der Waals surface area contributed by atoms with Crippen molar-refractivity contribution in [1.29, 1.82) is 0 Å². The van der Waals surface area contributed by atoms with Gasteiger partial charge in [0.05, 0.1) is 0 Å². The molecule has 0 aliphatic heterocycles. The van der Waals surface area contributed by atoms with Gasteiger partial charge in [0.25, 0.3) is 0 Å². The van der Waals surface area contributed by atoms with Crippen LogP contribution in [-0.4, -0.2) is 5.78 Å². The first-order valence-electron chi connectivity index (χ1n) is 3.07. The van der Waals surface area contributed by atoms with Crippen molar-refractivity contribution in [2.24, 2.45) is 0 Å². The Labute approximate surface area is 56.1 Å². The lowest BCUT2D eigenvalue weighted by atomic mass is 10.2. The molecule has 0 rings (SSSR count). The van der Waals surface area contributed by atoms with Crippen LogP contribution in [0, 0.1) is 0 Å². The van der Waals surface area contributed by atoms with Crippen LogP contribution >= 0.6 is 0 Å². The van der Waals surface area contributed by atoms with Crippen LogP contribution in [0.15, 0.2) is 24.8 Å². The number of allylic oxidation sites excluding steroid dienone is 3. The molecule has 0 fully saturated rings. The smallest absolute Gasteiger partial charge is 0.155 e. The summed E-state index contributed by atoms with van der Waals surface area (Å²) in [4.78, 5) is 10.5. The maximum Gasteiger partial charge on any atom is 0.155 e. The second-order valence-electron chi connectivity index (χ2n) is 1.78. The Kier molecular flexibility index (Phi) is 4.79. The average Bonchev–Trinajstić information content (AvgIpc) is 1.89. The second-order valence-corrected chi connectivity index (χ2v) is 1.78. The summed E-state index contributed by atoms with van der Waals surface area (Å²) in [5.41, 5.74) is 0. The molecule has 0 unspecified atom stereocenters. The van der Waals surface area contributed by atoms with E-state index in [0.29, 0.717) is 6.42 Å². The molecule has 0 aromatic carbocycles. The topological polar surface area (TPSA) is 17.1 Å². The Bertz CT molecular complexity index is 123. The van der Waals surface area contributed by atoms with Crippen LogP contribution in [0.1, 0.15) is 19.8 Å². The van der Waals surface area contributed by atoms with Gasteiger partial charge in [-0.25, -0.2) is 0 Å². The minimum atomic E-state index is 0.119. The van der Waals surface area contributed by atoms with Crippen LogP contribution in [0.2, 0.25) is 0 Å². The molecular formula is C8H12O. The number of rotatable bonds is 4. The zero-order chi connectivity index (χ0) is 7.11. The number of ketones is 1. The standard InChI is InChI=1S/C8H12O/c1-3-5-6-7-8(9)4-2/h3-5H,2,6-7H2,1H3. The Morgan fingerprint density at radius 3 is 2.78 bits per heavy atom. The van der Waals surface area contributed by atoms with E-state index in [2.05, 4.69) is 6.58 Å². The maximum atomic E-state index is 10.5. The highest BCUT2D eigenvalue weighted by Gasteiger charge is 1.89. The van der Waals surface area contributed by atoms with Gasteiger partial charge in [0.1, 0.15) is 0 Å². The summed E-state index contributed by atoms with van der Waals surface area (Å²) < 4.78 is 0. The quantitative estimate of drug-likeness (QED) is 0.414. The summed E-state index contributed by atoms with van der Waals surface area (Å²) >= 11 is 0. The molecule has 50 valence electrons. The van der Waals surface area contributed by atoms with Gasteiger partial charge in [-0.1, -0.05) is 18.7 Å². The van der Waals surface area contributed by atoms with Crippen molar-refractivity contribution in [2.75, 3.05) is 0 Å². The molecule has 0 saturated heterocycles. The molecule has 0 aliphatic rings. The van der Waals surface area contributed by atoms with Gasteiger partial charge in [0.2, 0.25) is 0 Å². The van der Waals surface area contributed by atoms with Crippen LogP contribution < -0.4 is 0 Å². The van der Waals surface area contributed by atoms with Gasteiger partial charge in [0, 0.05) is 6.42 Å². The Morgan fingerprint density at radius 1 is 1.67 bits per heavy atom. The van der Waals surface area contributed by atoms with E-state index < -0.39 is 0 Å². The summed E-state index contributed by atoms with van der Waals surface area (Å²) in [7, 11) is 0. The van der Waals surface area contributed by atoms with E-state index in [0.717, 1.165) is 6.42 Å². The van der Waals surface area contributed by atoms with Crippen LogP contribution in [0.25, 0.3) is 0 Å². The van der Waals surface area contributed by atoms with Crippen molar-refractivity contribution in [3.8, 4) is 0 Å². The molecule has 0 heterocycles. The molecule has 0 atom stereocenters. The molecule has 0 amide bonds. The molecule has 0 N–H and O–H groups in total. The highest BCUT2D eigenvalue weighted by Crippen LogP contribution is 1.92. The summed E-state index contributed by atoms with van der Waals surface area (Å²) in [5.74, 6) is 0.119. The molecule has 0 spiro atoms. The molecule has 0 bridgehead atoms. The number of carbonyl (C=O) groups excluding carboxylic acids is 1. The molecule has 9 heavy (non-hydrogen) atoms. The fourth-order valence-corrected chi connectivity index (χ4v) is 0.494. The Morgan fingerprint density at radius 2 is 2.33 bits per heavy atom. The third-order valence-electron chi connectivity index (χ3n) is 1.02. The third-order valence-corrected chi connectivity index (χ3v) is 1.02. The minimum absolute atomic E-state index is 0.119. The predicted octanol–water partition coefficient (Wildman–Crippen LogP) is 2.10. The summed E-state index contributed by atoms with van der Waals surface area (Å²) in [6, 6.07) is 0. The lowest BCUT2D eigenvalue weighted by Gasteiger charge is -1.86. The van der Waals surface area contributed by atoms with Crippen molar-refractivity contribution in [2.45, 2.75) is 19.8 Å². The van der Waals surface area contributed by atoms with Gasteiger partial charge in [-0.15, -0.1) is 0 Å². The summed E-state index contributed by atoms with van der Waals surface area (Å²) in [6.07, 6.45) is 6.70. The number of hydrogen-bond acceptors (Lipinski definition) is 1. The molecule has 1 nitrogen and oxygen atoms in total. The van der Waals surface area contributed by atoms with Crippen molar-refractivity contribution in [1.82, 2.24) is 0 Å². The molecular weight excluding hydrogens is 112 g/mol. The van der Waals surface area contributed by atoms with E-state index in [9.17, 15) is 4.79 Å². The number of carbonyl (C=O) groups is 1. The van der Waals surface area contributed by atoms with Gasteiger partial charge in [0.15, 0.2) is 5.78 Å². The Hall–Kier alpha value is -0.850. The molecule has 0 radical (unpaired) electrons. The van der Waals surface area contributed by atoms with Crippen molar-refractivity contribution >= 4 is 5.78 Å². The molecule has 0 saturated carbocycles. The predicted molar refractivity (Wildman–Crippen MR) is 39.3 cm³/mol. The SMILES string of the molecule is C=CC(=O)CCC=CC. The first kappa shape index (κ1) is 8.15. The zero-order valence-electron chi connectivity index (χ0n) is 5.76. The molecule has 0 aromatic heterocycles. The lowest BCUT2D eigenvalue weighted by Crippen LogP contribution is -1.88. The fourth-order valence-electron chi connectivity index (χ4n) is 0.494. The minimum Gasteiger partial charge on any atom is -0.295 e. The average molecular weight is 124 g/mol. The van der Waals surface area contributed by atoms with E-state index in [1.54, 1.807) is 0 Å². The van der Waals surface area contributed by atoms with E-state index in [1.807, 2.05) is 19.1 Å². The normalized spacial score (nSPS) is 9.89. The lowest BCUT2D eigenvalue weighted by molar-refractivity contribution is -0.114. The number of hydrogen-bond donors (Lipinski definition) is 0. The largest absolute Gasteiger partial charge is 0.295 e. The monoisotopic (exact) mass is 124 g/mol. The van der Waals surface area contributed by atoms with E-state index >= 15 is 0 Å². The van der Waals surface area contributed by atoms with Crippen LogP contribution in [0.3, 0.4) is 0 Å². The first-order chi connectivity index (χ1) is 4.31. The van der Waals surface area contributed by atoms with Gasteiger partial charge >= 0.3 is 0 Å². The van der Waals surface area contributed by atoms with Gasteiger partial charge in [-0.3, -0.25) is 4.79 Å². The van der Waals surface area contributed by atoms with Gasteiger partial charge < -0.3 is 0 Å². The summed E-state index contributed by atoms with van der Waals surface area (Å²) in [6.45, 7) is 5.31. The molecule has 0 aliphatic carbocycles. The van der Waals surface area contributed by atoms with Crippen LogP contribution in [-0.2, 0) is 4.79 Å². The van der Waals surface area contributed by atoms with E-state index in [-0.39, 0.29) is 5.78 Å². The van der Waals surface area contributed by atoms with Crippen LogP contribution in [0.4, 0.5) is 0 Å². The Balaban J connectivity index is 3.27. The second kappa shape index (κ2) is 5.29. The molecule has 0 aromatic rings. The highest BCUT2D eigenvalue weighted by molar-refractivity contribution is 5.89. The third kappa shape index (κ3) is 5.01.